The van der Waals surface area contributed by atoms with E-state index in [1.54, 1.807) is 12.3 Å². The number of carbonyl (C=O) groups is 1. The summed E-state index contributed by atoms with van der Waals surface area (Å²) in [6.45, 7) is 10.4. The molecule has 2 heterocycles. The molecule has 0 saturated heterocycles. The lowest BCUT2D eigenvalue weighted by atomic mass is 10.0. The van der Waals surface area contributed by atoms with Gasteiger partial charge in [-0.05, 0) is 46.2 Å². The molecule has 0 radical (unpaired) electrons. The molecule has 0 spiro atoms. The number of rotatable bonds is 6. The summed E-state index contributed by atoms with van der Waals surface area (Å²) >= 11 is 1.27. The summed E-state index contributed by atoms with van der Waals surface area (Å²) in [5.74, 6) is 1.14. The lowest BCUT2D eigenvalue weighted by Gasteiger charge is -2.37. The second kappa shape index (κ2) is 8.22. The van der Waals surface area contributed by atoms with Gasteiger partial charge in [0, 0.05) is 12.1 Å². The van der Waals surface area contributed by atoms with E-state index < -0.39 is 0 Å². The van der Waals surface area contributed by atoms with Gasteiger partial charge in [-0.3, -0.25) is 4.79 Å². The van der Waals surface area contributed by atoms with Gasteiger partial charge in [0.05, 0.1) is 17.1 Å². The van der Waals surface area contributed by atoms with Crippen molar-refractivity contribution in [2.24, 2.45) is 0 Å². The van der Waals surface area contributed by atoms with Crippen LogP contribution in [0.25, 0.3) is 11.5 Å². The minimum absolute atomic E-state index is 0.0283. The molecule has 0 saturated carbocycles. The maximum atomic E-state index is 13.2. The van der Waals surface area contributed by atoms with Crippen LogP contribution in [0.5, 0.6) is 0 Å². The van der Waals surface area contributed by atoms with Crippen LogP contribution in [0.4, 0.5) is 0 Å². The summed E-state index contributed by atoms with van der Waals surface area (Å²) in [4.78, 5) is 15.1. The fourth-order valence-corrected chi connectivity index (χ4v) is 3.55. The average molecular weight is 400 g/mol. The van der Waals surface area contributed by atoms with E-state index in [0.29, 0.717) is 23.4 Å². The third-order valence-electron chi connectivity index (χ3n) is 4.38. The van der Waals surface area contributed by atoms with E-state index in [0.717, 1.165) is 11.1 Å². The number of furan rings is 1. The molecule has 1 amide bonds. The summed E-state index contributed by atoms with van der Waals surface area (Å²) in [5, 5.41) is 8.15. The smallest absolute Gasteiger partial charge is 0.277 e. The SMILES string of the molecule is Cc1occc1-c1nnc(S[C@H](C)C(=O)N(Cc2ccccc2)C(C)(C)C)o1. The summed E-state index contributed by atoms with van der Waals surface area (Å²) in [7, 11) is 0. The maximum Gasteiger partial charge on any atom is 0.277 e. The molecule has 0 unspecified atom stereocenters. The van der Waals surface area contributed by atoms with Crippen molar-refractivity contribution >= 4 is 17.7 Å². The lowest BCUT2D eigenvalue weighted by molar-refractivity contribution is -0.135. The Morgan fingerprint density at radius 1 is 1.18 bits per heavy atom. The number of hydrogen-bond donors (Lipinski definition) is 0. The van der Waals surface area contributed by atoms with Crippen LogP contribution in [-0.4, -0.2) is 31.8 Å². The summed E-state index contributed by atoms with van der Waals surface area (Å²) in [6.07, 6.45) is 1.58. The molecular formula is C21H25N3O3S. The van der Waals surface area contributed by atoms with E-state index in [-0.39, 0.29) is 16.7 Å². The van der Waals surface area contributed by atoms with Crippen LogP contribution < -0.4 is 0 Å². The molecule has 0 bridgehead atoms. The summed E-state index contributed by atoms with van der Waals surface area (Å²) < 4.78 is 11.0. The van der Waals surface area contributed by atoms with Crippen molar-refractivity contribution in [3.8, 4) is 11.5 Å². The number of amides is 1. The number of aromatic nitrogens is 2. The fourth-order valence-electron chi connectivity index (χ4n) is 2.81. The van der Waals surface area contributed by atoms with Gasteiger partial charge < -0.3 is 13.7 Å². The largest absolute Gasteiger partial charge is 0.469 e. The minimum atomic E-state index is -0.360. The van der Waals surface area contributed by atoms with E-state index >= 15 is 0 Å². The highest BCUT2D eigenvalue weighted by atomic mass is 32.2. The first kappa shape index (κ1) is 20.2. The minimum Gasteiger partial charge on any atom is -0.469 e. The van der Waals surface area contributed by atoms with Crippen molar-refractivity contribution in [3.05, 3.63) is 54.0 Å². The van der Waals surface area contributed by atoms with Gasteiger partial charge in [-0.1, -0.05) is 42.1 Å². The van der Waals surface area contributed by atoms with E-state index in [4.69, 9.17) is 8.83 Å². The third-order valence-corrected chi connectivity index (χ3v) is 5.30. The Kier molecular flexibility index (Phi) is 5.93. The summed E-state index contributed by atoms with van der Waals surface area (Å²) in [6, 6.07) is 11.8. The number of hydrogen-bond acceptors (Lipinski definition) is 6. The lowest BCUT2D eigenvalue weighted by Crippen LogP contribution is -2.48. The molecule has 148 valence electrons. The van der Waals surface area contributed by atoms with Gasteiger partial charge >= 0.3 is 0 Å². The molecule has 1 aromatic carbocycles. The Bertz CT molecular complexity index is 928. The zero-order valence-electron chi connectivity index (χ0n) is 16.8. The van der Waals surface area contributed by atoms with Crippen LogP contribution in [0.1, 0.15) is 39.0 Å². The molecule has 0 aliphatic rings. The Morgan fingerprint density at radius 2 is 1.89 bits per heavy atom. The molecule has 0 N–H and O–H groups in total. The van der Waals surface area contributed by atoms with Crippen LogP contribution >= 0.6 is 11.8 Å². The quantitative estimate of drug-likeness (QED) is 0.546. The molecule has 1 atom stereocenters. The Labute approximate surface area is 169 Å². The van der Waals surface area contributed by atoms with Crippen molar-refractivity contribution in [3.63, 3.8) is 0 Å². The van der Waals surface area contributed by atoms with Crippen molar-refractivity contribution < 1.29 is 13.6 Å². The molecule has 28 heavy (non-hydrogen) atoms. The van der Waals surface area contributed by atoms with E-state index in [2.05, 4.69) is 10.2 Å². The van der Waals surface area contributed by atoms with Crippen molar-refractivity contribution in [1.82, 2.24) is 15.1 Å². The molecule has 0 aliphatic carbocycles. The van der Waals surface area contributed by atoms with Crippen LogP contribution in [0.15, 0.2) is 56.7 Å². The Hall–Kier alpha value is -2.54. The first-order chi connectivity index (χ1) is 13.3. The van der Waals surface area contributed by atoms with Crippen molar-refractivity contribution in [1.29, 1.82) is 0 Å². The molecule has 3 rings (SSSR count). The highest BCUT2D eigenvalue weighted by molar-refractivity contribution is 8.00. The predicted octanol–water partition coefficient (Wildman–Crippen LogP) is 4.95. The molecular weight excluding hydrogens is 374 g/mol. The number of aryl methyl sites for hydroxylation is 1. The molecule has 7 heteroatoms. The second-order valence-electron chi connectivity index (χ2n) is 7.60. The zero-order chi connectivity index (χ0) is 20.3. The van der Waals surface area contributed by atoms with E-state index in [1.165, 1.54) is 11.8 Å². The zero-order valence-corrected chi connectivity index (χ0v) is 17.6. The van der Waals surface area contributed by atoms with Crippen LogP contribution in [0.2, 0.25) is 0 Å². The Morgan fingerprint density at radius 3 is 2.50 bits per heavy atom. The van der Waals surface area contributed by atoms with Gasteiger partial charge in [0.15, 0.2) is 0 Å². The van der Waals surface area contributed by atoms with Gasteiger partial charge in [-0.2, -0.15) is 0 Å². The second-order valence-corrected chi connectivity index (χ2v) is 8.90. The molecule has 3 aromatic rings. The van der Waals surface area contributed by atoms with E-state index in [9.17, 15) is 4.79 Å². The molecule has 6 nitrogen and oxygen atoms in total. The highest BCUT2D eigenvalue weighted by Crippen LogP contribution is 2.30. The fraction of sp³-hybridized carbons (Fsp3) is 0.381. The maximum absolute atomic E-state index is 13.2. The van der Waals surface area contributed by atoms with Gasteiger partial charge in [-0.25, -0.2) is 0 Å². The normalized spacial score (nSPS) is 12.8. The predicted molar refractivity (Wildman–Crippen MR) is 109 cm³/mol. The topological polar surface area (TPSA) is 72.4 Å². The van der Waals surface area contributed by atoms with Gasteiger partial charge in [0.25, 0.3) is 11.1 Å². The van der Waals surface area contributed by atoms with Crippen LogP contribution in [0, 0.1) is 6.92 Å². The standard InChI is InChI=1S/C21H25N3O3S/c1-14-17(11-12-26-14)18-22-23-20(27-18)28-15(2)19(25)24(21(3,4)5)13-16-9-7-6-8-10-16/h6-12,15H,13H2,1-5H3/t15-/m1/s1. The van der Waals surface area contributed by atoms with E-state index in [1.807, 2.05) is 69.9 Å². The monoisotopic (exact) mass is 399 g/mol. The van der Waals surface area contributed by atoms with Crippen LogP contribution in [-0.2, 0) is 11.3 Å². The van der Waals surface area contributed by atoms with Crippen LogP contribution in [0.3, 0.4) is 0 Å². The number of nitrogens with zero attached hydrogens (tertiary/aromatic N) is 3. The van der Waals surface area contributed by atoms with Crippen molar-refractivity contribution in [2.75, 3.05) is 0 Å². The van der Waals surface area contributed by atoms with Crippen molar-refractivity contribution in [2.45, 2.75) is 57.2 Å². The molecule has 0 fully saturated rings. The first-order valence-corrected chi connectivity index (χ1v) is 10.0. The summed E-state index contributed by atoms with van der Waals surface area (Å²) in [5.41, 5.74) is 1.55. The van der Waals surface area contributed by atoms with Gasteiger partial charge in [0.2, 0.25) is 5.91 Å². The van der Waals surface area contributed by atoms with Gasteiger partial charge in [-0.15, -0.1) is 10.2 Å². The first-order valence-electron chi connectivity index (χ1n) is 9.15. The Balaban J connectivity index is 1.73. The highest BCUT2D eigenvalue weighted by Gasteiger charge is 2.31. The number of benzene rings is 1. The number of thioether (sulfide) groups is 1. The average Bonchev–Trinajstić information content (AvgIpc) is 3.27. The molecule has 2 aromatic heterocycles. The third kappa shape index (κ3) is 4.65. The molecule has 0 aliphatic heterocycles. The number of carbonyl (C=O) groups excluding carboxylic acids is 1. The van der Waals surface area contributed by atoms with Gasteiger partial charge in [0.1, 0.15) is 5.76 Å².